The highest BCUT2D eigenvalue weighted by Gasteiger charge is 2.15. The van der Waals surface area contributed by atoms with E-state index in [2.05, 4.69) is 31.1 Å². The van der Waals surface area contributed by atoms with Crippen LogP contribution >= 0.6 is 11.3 Å². The molecule has 0 radical (unpaired) electrons. The molecule has 0 saturated carbocycles. The van der Waals surface area contributed by atoms with Crippen molar-refractivity contribution in [3.8, 4) is 0 Å². The fourth-order valence-electron chi connectivity index (χ4n) is 1.23. The van der Waals surface area contributed by atoms with Crippen LogP contribution in [0.4, 0.5) is 0 Å². The molecule has 1 aromatic heterocycles. The maximum absolute atomic E-state index is 11.0. The van der Waals surface area contributed by atoms with E-state index in [4.69, 9.17) is 5.14 Å². The highest BCUT2D eigenvalue weighted by atomic mass is 32.2. The van der Waals surface area contributed by atoms with Gasteiger partial charge in [-0.1, -0.05) is 0 Å². The minimum absolute atomic E-state index is 0.0243. The molecule has 3 N–H and O–H groups in total. The van der Waals surface area contributed by atoms with E-state index in [0.29, 0.717) is 11.6 Å². The Morgan fingerprint density at radius 2 is 2.00 bits per heavy atom. The predicted molar refractivity (Wildman–Crippen MR) is 70.3 cm³/mol. The van der Waals surface area contributed by atoms with Crippen LogP contribution in [0, 0.1) is 6.92 Å². The summed E-state index contributed by atoms with van der Waals surface area (Å²) in [5.41, 5.74) is 0.890. The maximum atomic E-state index is 11.0. The van der Waals surface area contributed by atoms with E-state index >= 15 is 0 Å². The minimum atomic E-state index is -3.50. The Kier molecular flexibility index (Phi) is 4.29. The van der Waals surface area contributed by atoms with Crippen molar-refractivity contribution < 1.29 is 8.42 Å². The SMILES string of the molecule is Cc1nc(CS(N)(=O)=O)sc1CNC(C)(C)C. The number of aromatic nitrogens is 1. The number of sulfonamides is 1. The third-order valence-corrected chi connectivity index (χ3v) is 4.06. The summed E-state index contributed by atoms with van der Waals surface area (Å²) in [6.45, 7) is 8.80. The van der Waals surface area contributed by atoms with E-state index in [0.717, 1.165) is 10.6 Å². The van der Waals surface area contributed by atoms with Gasteiger partial charge < -0.3 is 5.32 Å². The first-order valence-electron chi connectivity index (χ1n) is 5.27. The number of aryl methyl sites for hydroxylation is 1. The highest BCUT2D eigenvalue weighted by Crippen LogP contribution is 2.20. The minimum Gasteiger partial charge on any atom is -0.307 e. The topological polar surface area (TPSA) is 85.1 Å². The van der Waals surface area contributed by atoms with Crippen LogP contribution in [0.25, 0.3) is 0 Å². The van der Waals surface area contributed by atoms with Gasteiger partial charge in [0.05, 0.1) is 5.69 Å². The highest BCUT2D eigenvalue weighted by molar-refractivity contribution is 7.88. The van der Waals surface area contributed by atoms with Gasteiger partial charge in [0, 0.05) is 17.0 Å². The first-order chi connectivity index (χ1) is 7.57. The third-order valence-electron chi connectivity index (χ3n) is 2.04. The second-order valence-corrected chi connectivity index (χ2v) is 7.81. The lowest BCUT2D eigenvalue weighted by molar-refractivity contribution is 0.425. The van der Waals surface area contributed by atoms with Crippen molar-refractivity contribution in [1.82, 2.24) is 10.3 Å². The summed E-state index contributed by atoms with van der Waals surface area (Å²) in [6, 6.07) is 0. The van der Waals surface area contributed by atoms with Crippen molar-refractivity contribution in [2.75, 3.05) is 0 Å². The van der Waals surface area contributed by atoms with Crippen molar-refractivity contribution in [1.29, 1.82) is 0 Å². The lowest BCUT2D eigenvalue weighted by atomic mass is 10.1. The van der Waals surface area contributed by atoms with Crippen LogP contribution in [0.1, 0.15) is 36.3 Å². The van der Waals surface area contributed by atoms with Crippen molar-refractivity contribution >= 4 is 21.4 Å². The molecular weight excluding hydrogens is 258 g/mol. The molecular formula is C10H19N3O2S2. The van der Waals surface area contributed by atoms with Gasteiger partial charge in [0.15, 0.2) is 0 Å². The summed E-state index contributed by atoms with van der Waals surface area (Å²) in [5.74, 6) is -0.186. The normalized spacial score (nSPS) is 13.0. The molecule has 0 unspecified atom stereocenters. The average molecular weight is 277 g/mol. The fourth-order valence-corrected chi connectivity index (χ4v) is 3.17. The Bertz CT molecular complexity index is 486. The summed E-state index contributed by atoms with van der Waals surface area (Å²) < 4.78 is 21.9. The number of hydrogen-bond acceptors (Lipinski definition) is 5. The Labute approximate surface area is 106 Å². The Balaban J connectivity index is 2.76. The Morgan fingerprint density at radius 3 is 2.47 bits per heavy atom. The second kappa shape index (κ2) is 5.01. The summed E-state index contributed by atoms with van der Waals surface area (Å²) in [6.07, 6.45) is 0. The average Bonchev–Trinajstić information content (AvgIpc) is 2.38. The molecule has 17 heavy (non-hydrogen) atoms. The van der Waals surface area contributed by atoms with Crippen molar-refractivity contribution in [3.05, 3.63) is 15.6 Å². The van der Waals surface area contributed by atoms with Crippen LogP contribution in [0.5, 0.6) is 0 Å². The molecule has 7 heteroatoms. The van der Waals surface area contributed by atoms with Gasteiger partial charge in [-0.25, -0.2) is 18.5 Å². The van der Waals surface area contributed by atoms with Crippen LogP contribution in [-0.2, 0) is 22.3 Å². The zero-order valence-corrected chi connectivity index (χ0v) is 12.2. The summed E-state index contributed by atoms with van der Waals surface area (Å²) >= 11 is 1.39. The summed E-state index contributed by atoms with van der Waals surface area (Å²) in [4.78, 5) is 5.27. The zero-order valence-electron chi connectivity index (χ0n) is 10.6. The van der Waals surface area contributed by atoms with Gasteiger partial charge in [-0.3, -0.25) is 0 Å². The Morgan fingerprint density at radius 1 is 1.41 bits per heavy atom. The molecule has 0 saturated heterocycles. The zero-order chi connectivity index (χ0) is 13.3. The molecule has 1 aromatic rings. The van der Waals surface area contributed by atoms with Crippen molar-refractivity contribution in [2.24, 2.45) is 5.14 Å². The first-order valence-corrected chi connectivity index (χ1v) is 7.81. The lowest BCUT2D eigenvalue weighted by Gasteiger charge is -2.19. The molecule has 98 valence electrons. The molecule has 0 aliphatic heterocycles. The van der Waals surface area contributed by atoms with E-state index in [1.807, 2.05) is 6.92 Å². The van der Waals surface area contributed by atoms with Crippen LogP contribution in [-0.4, -0.2) is 18.9 Å². The number of nitrogens with zero attached hydrogens (tertiary/aromatic N) is 1. The number of rotatable bonds is 4. The molecule has 0 atom stereocenters. The van der Waals surface area contributed by atoms with Crippen molar-refractivity contribution in [3.63, 3.8) is 0 Å². The van der Waals surface area contributed by atoms with Gasteiger partial charge in [-0.05, 0) is 27.7 Å². The maximum Gasteiger partial charge on any atom is 0.215 e. The van der Waals surface area contributed by atoms with Crippen LogP contribution < -0.4 is 10.5 Å². The molecule has 0 amide bonds. The van der Waals surface area contributed by atoms with E-state index in [1.54, 1.807) is 0 Å². The van der Waals surface area contributed by atoms with E-state index < -0.39 is 10.0 Å². The molecule has 1 rings (SSSR count). The van der Waals surface area contributed by atoms with Gasteiger partial charge in [-0.2, -0.15) is 0 Å². The number of nitrogens with one attached hydrogen (secondary N) is 1. The first kappa shape index (κ1) is 14.6. The van der Waals surface area contributed by atoms with Gasteiger partial charge in [0.2, 0.25) is 10.0 Å². The van der Waals surface area contributed by atoms with Gasteiger partial charge >= 0.3 is 0 Å². The van der Waals surface area contributed by atoms with E-state index in [1.165, 1.54) is 11.3 Å². The fraction of sp³-hybridized carbons (Fsp3) is 0.700. The monoisotopic (exact) mass is 277 g/mol. The van der Waals surface area contributed by atoms with Crippen LogP contribution in [0.15, 0.2) is 0 Å². The third kappa shape index (κ3) is 5.58. The van der Waals surface area contributed by atoms with E-state index in [9.17, 15) is 8.42 Å². The van der Waals surface area contributed by atoms with Crippen LogP contribution in [0.3, 0.4) is 0 Å². The number of primary sulfonamides is 1. The number of thiazole rings is 1. The number of nitrogens with two attached hydrogens (primary N) is 1. The molecule has 0 aliphatic carbocycles. The summed E-state index contributed by atoms with van der Waals surface area (Å²) in [5, 5.41) is 8.89. The number of hydrogen-bond donors (Lipinski definition) is 2. The smallest absolute Gasteiger partial charge is 0.215 e. The molecule has 0 aliphatic rings. The lowest BCUT2D eigenvalue weighted by Crippen LogP contribution is -2.34. The summed E-state index contributed by atoms with van der Waals surface area (Å²) in [7, 11) is -3.50. The second-order valence-electron chi connectivity index (χ2n) is 5.03. The standard InChI is InChI=1S/C10H19N3O2S2/c1-7-8(5-12-10(2,3)4)16-9(13-7)6-17(11,14)15/h12H,5-6H2,1-4H3,(H2,11,14,15). The molecule has 0 aromatic carbocycles. The Hall–Kier alpha value is -0.500. The molecule has 0 spiro atoms. The molecule has 0 fully saturated rings. The largest absolute Gasteiger partial charge is 0.307 e. The predicted octanol–water partition coefficient (Wildman–Crippen LogP) is 1.13. The van der Waals surface area contributed by atoms with Gasteiger partial charge in [0.1, 0.15) is 10.8 Å². The van der Waals surface area contributed by atoms with Gasteiger partial charge in [-0.15, -0.1) is 11.3 Å². The quantitative estimate of drug-likeness (QED) is 0.864. The van der Waals surface area contributed by atoms with Crippen LogP contribution in [0.2, 0.25) is 0 Å². The molecule has 5 nitrogen and oxygen atoms in total. The molecule has 0 bridgehead atoms. The van der Waals surface area contributed by atoms with Gasteiger partial charge in [0.25, 0.3) is 0 Å². The molecule has 1 heterocycles. The van der Waals surface area contributed by atoms with Crippen molar-refractivity contribution in [2.45, 2.75) is 45.5 Å². The van der Waals surface area contributed by atoms with E-state index in [-0.39, 0.29) is 11.3 Å².